The summed E-state index contributed by atoms with van der Waals surface area (Å²) in [4.78, 5) is 11.0. The van der Waals surface area contributed by atoms with Gasteiger partial charge < -0.3 is 10.2 Å². The molecule has 132 valence electrons. The highest BCUT2D eigenvalue weighted by Crippen LogP contribution is 2.39. The zero-order valence-corrected chi connectivity index (χ0v) is 13.9. The minimum absolute atomic E-state index is 0.0576. The van der Waals surface area contributed by atoms with Crippen LogP contribution in [0.15, 0.2) is 69.7 Å². The van der Waals surface area contributed by atoms with Crippen LogP contribution in [-0.2, 0) is 10.1 Å². The summed E-state index contributed by atoms with van der Waals surface area (Å²) in [6.07, 6.45) is 0. The molecule has 0 aliphatic carbocycles. The van der Waals surface area contributed by atoms with Crippen molar-refractivity contribution >= 4 is 38.2 Å². The van der Waals surface area contributed by atoms with Crippen LogP contribution in [0.25, 0.3) is 10.8 Å². The van der Waals surface area contributed by atoms with E-state index in [9.17, 15) is 23.4 Å². The van der Waals surface area contributed by atoms with Crippen LogP contribution in [0.2, 0.25) is 0 Å². The van der Waals surface area contributed by atoms with Gasteiger partial charge in [0.15, 0.2) is 5.75 Å². The van der Waals surface area contributed by atoms with E-state index in [0.717, 1.165) is 6.07 Å². The van der Waals surface area contributed by atoms with Crippen molar-refractivity contribution < 1.29 is 28.0 Å². The third kappa shape index (κ3) is 3.39. The molecule has 0 heterocycles. The van der Waals surface area contributed by atoms with Crippen LogP contribution in [0, 0.1) is 0 Å². The fraction of sp³-hybridized carbons (Fsp3) is 0. The molecule has 0 aliphatic rings. The molecule has 26 heavy (non-hydrogen) atoms. The first-order valence-electron chi connectivity index (χ1n) is 7.24. The van der Waals surface area contributed by atoms with Crippen LogP contribution < -0.4 is 0 Å². The summed E-state index contributed by atoms with van der Waals surface area (Å²) in [6.45, 7) is 0. The third-order valence-electron chi connectivity index (χ3n) is 3.61. The molecule has 0 spiro atoms. The number of carbonyl (C=O) groups is 1. The predicted molar refractivity (Wildman–Crippen MR) is 93.0 cm³/mol. The Balaban J connectivity index is 2.16. The molecule has 0 fully saturated rings. The number of fused-ring (bicyclic) bond motifs is 1. The molecule has 8 nitrogen and oxygen atoms in total. The molecule has 0 amide bonds. The maximum atomic E-state index is 11.3. The maximum Gasteiger partial charge on any atom is 0.339 e. The summed E-state index contributed by atoms with van der Waals surface area (Å²) in [5.41, 5.74) is -0.286. The number of hydrogen-bond donors (Lipinski definition) is 3. The minimum Gasteiger partial charge on any atom is -0.505 e. The smallest absolute Gasteiger partial charge is 0.339 e. The molecule has 3 N–H and O–H groups in total. The highest BCUT2D eigenvalue weighted by atomic mass is 32.2. The molecule has 0 bridgehead atoms. The zero-order valence-electron chi connectivity index (χ0n) is 13.1. The average molecular weight is 372 g/mol. The van der Waals surface area contributed by atoms with E-state index in [1.807, 2.05) is 0 Å². The fourth-order valence-electron chi connectivity index (χ4n) is 2.40. The van der Waals surface area contributed by atoms with Gasteiger partial charge >= 0.3 is 5.97 Å². The van der Waals surface area contributed by atoms with E-state index in [-0.39, 0.29) is 21.8 Å². The van der Waals surface area contributed by atoms with Crippen LogP contribution in [0.1, 0.15) is 10.4 Å². The predicted octanol–water partition coefficient (Wildman–Crippen LogP) is 3.91. The summed E-state index contributed by atoms with van der Waals surface area (Å²) in [5.74, 6) is -1.87. The van der Waals surface area contributed by atoms with Crippen LogP contribution in [0.5, 0.6) is 5.75 Å². The number of rotatable bonds is 4. The van der Waals surface area contributed by atoms with E-state index in [4.69, 9.17) is 4.55 Å². The first kappa shape index (κ1) is 17.5. The van der Waals surface area contributed by atoms with Crippen molar-refractivity contribution in [3.8, 4) is 5.75 Å². The number of hydrogen-bond acceptors (Lipinski definition) is 6. The van der Waals surface area contributed by atoms with Crippen molar-refractivity contribution in [2.75, 3.05) is 0 Å². The Morgan fingerprint density at radius 3 is 2.38 bits per heavy atom. The Hall–Kier alpha value is -3.30. The number of benzene rings is 3. The maximum absolute atomic E-state index is 11.3. The van der Waals surface area contributed by atoms with Gasteiger partial charge in [-0.3, -0.25) is 4.55 Å². The number of aromatic carboxylic acids is 1. The van der Waals surface area contributed by atoms with Crippen molar-refractivity contribution in [2.45, 2.75) is 4.90 Å². The Morgan fingerprint density at radius 2 is 1.69 bits per heavy atom. The quantitative estimate of drug-likeness (QED) is 0.469. The number of nitrogens with zero attached hydrogens (tertiary/aromatic N) is 2. The van der Waals surface area contributed by atoms with Gasteiger partial charge in [0.25, 0.3) is 10.1 Å². The number of aromatic hydroxyl groups is 1. The summed E-state index contributed by atoms with van der Waals surface area (Å²) in [6, 6.07) is 13.1. The Kier molecular flexibility index (Phi) is 4.41. The summed E-state index contributed by atoms with van der Waals surface area (Å²) in [5, 5.41) is 28.3. The molecule has 3 aromatic carbocycles. The van der Waals surface area contributed by atoms with Crippen molar-refractivity contribution in [1.82, 2.24) is 0 Å². The van der Waals surface area contributed by atoms with Gasteiger partial charge in [-0.2, -0.15) is 13.5 Å². The summed E-state index contributed by atoms with van der Waals surface area (Å²) < 4.78 is 31.4. The number of carboxylic acids is 1. The zero-order chi connectivity index (χ0) is 18.9. The van der Waals surface area contributed by atoms with Crippen LogP contribution in [0.3, 0.4) is 0 Å². The summed E-state index contributed by atoms with van der Waals surface area (Å²) >= 11 is 0. The Morgan fingerprint density at radius 1 is 0.962 bits per heavy atom. The van der Waals surface area contributed by atoms with Crippen LogP contribution >= 0.6 is 0 Å². The first-order valence-corrected chi connectivity index (χ1v) is 8.68. The second-order valence-corrected chi connectivity index (χ2v) is 6.74. The van der Waals surface area contributed by atoms with Crippen LogP contribution in [0.4, 0.5) is 11.4 Å². The van der Waals surface area contributed by atoms with Gasteiger partial charge in [0.1, 0.15) is 11.3 Å². The first-order chi connectivity index (χ1) is 12.3. The molecule has 0 atom stereocenters. The lowest BCUT2D eigenvalue weighted by Crippen LogP contribution is -1.97. The molecular formula is C17H12N2O6S. The van der Waals surface area contributed by atoms with Gasteiger partial charge in [-0.15, -0.1) is 5.11 Å². The van der Waals surface area contributed by atoms with E-state index in [0.29, 0.717) is 10.8 Å². The summed E-state index contributed by atoms with van der Waals surface area (Å²) in [7, 11) is -4.40. The Labute approximate surface area is 147 Å². The van der Waals surface area contributed by atoms with Gasteiger partial charge in [0, 0.05) is 5.39 Å². The van der Waals surface area contributed by atoms with E-state index >= 15 is 0 Å². The lowest BCUT2D eigenvalue weighted by Gasteiger charge is -2.07. The minimum atomic E-state index is -4.40. The van der Waals surface area contributed by atoms with Gasteiger partial charge in [0.05, 0.1) is 10.6 Å². The third-order valence-corrected chi connectivity index (χ3v) is 4.46. The number of phenols is 1. The van der Waals surface area contributed by atoms with Crippen molar-refractivity contribution in [3.05, 3.63) is 60.2 Å². The van der Waals surface area contributed by atoms with Crippen molar-refractivity contribution in [2.24, 2.45) is 10.2 Å². The molecular weight excluding hydrogens is 360 g/mol. The van der Waals surface area contributed by atoms with E-state index in [1.54, 1.807) is 24.3 Å². The van der Waals surface area contributed by atoms with E-state index < -0.39 is 21.8 Å². The molecule has 3 aromatic rings. The van der Waals surface area contributed by atoms with Gasteiger partial charge in [0.2, 0.25) is 0 Å². The van der Waals surface area contributed by atoms with Gasteiger partial charge in [-0.1, -0.05) is 30.3 Å². The molecule has 0 radical (unpaired) electrons. The number of carboxylic acid groups (broad SMARTS) is 1. The molecule has 0 saturated carbocycles. The topological polar surface area (TPSA) is 137 Å². The lowest BCUT2D eigenvalue weighted by molar-refractivity contribution is 0.0694. The fourth-order valence-corrected chi connectivity index (χ4v) is 2.92. The monoisotopic (exact) mass is 372 g/mol. The SMILES string of the molecule is O=C(O)c1cc2ccccc2c(N=Nc2cccc(S(=O)(=O)O)c2)c1O. The lowest BCUT2D eigenvalue weighted by atomic mass is 10.0. The van der Waals surface area contributed by atoms with Crippen molar-refractivity contribution in [1.29, 1.82) is 0 Å². The second kappa shape index (κ2) is 6.54. The highest BCUT2D eigenvalue weighted by molar-refractivity contribution is 7.85. The van der Waals surface area contributed by atoms with Gasteiger partial charge in [-0.25, -0.2) is 4.79 Å². The molecule has 0 unspecified atom stereocenters. The van der Waals surface area contributed by atoms with Gasteiger partial charge in [-0.05, 0) is 29.7 Å². The normalized spacial score (nSPS) is 11.9. The second-order valence-electron chi connectivity index (χ2n) is 5.32. The van der Waals surface area contributed by atoms with Crippen molar-refractivity contribution in [3.63, 3.8) is 0 Å². The van der Waals surface area contributed by atoms with E-state index in [2.05, 4.69) is 10.2 Å². The van der Waals surface area contributed by atoms with E-state index in [1.165, 1.54) is 24.3 Å². The molecule has 0 aliphatic heterocycles. The average Bonchev–Trinajstić information content (AvgIpc) is 2.60. The highest BCUT2D eigenvalue weighted by Gasteiger charge is 2.17. The van der Waals surface area contributed by atoms with Crippen LogP contribution in [-0.4, -0.2) is 29.2 Å². The molecule has 0 aromatic heterocycles. The molecule has 9 heteroatoms. The largest absolute Gasteiger partial charge is 0.505 e. The molecule has 3 rings (SSSR count). The standard InChI is InChI=1S/C17H12N2O6S/c20-16-14(17(21)22)8-10-4-1-2-7-13(10)15(16)19-18-11-5-3-6-12(9-11)26(23,24)25/h1-9,20H,(H,21,22)(H,23,24,25). The molecule has 0 saturated heterocycles. The Bertz CT molecular complexity index is 1160. The number of azo groups is 1.